The number of carbonyl (C=O) groups excluding carboxylic acids is 2. The van der Waals surface area contributed by atoms with Crippen molar-refractivity contribution in [1.29, 1.82) is 0 Å². The van der Waals surface area contributed by atoms with E-state index in [2.05, 4.69) is 59.2 Å². The molecule has 1 saturated heterocycles. The van der Waals surface area contributed by atoms with Gasteiger partial charge in [0.25, 0.3) is 0 Å². The standard InChI is InChI=1S/C24H37IN4O2/c1-3-18(4-2)17-29-14-12-21(28-22(11-13-26)24(29)31)16-27-23(30)10-9-19-5-7-20(15-25)8-6-19/h5-10,18,21-22,28H,3-4,11-17,26H2,1-2H3,(H,27,30)/b10-9+/t21-,22-/m0/s1. The molecule has 2 rings (SSSR count). The van der Waals surface area contributed by atoms with Crippen molar-refractivity contribution in [1.82, 2.24) is 15.5 Å². The molecule has 0 aromatic heterocycles. The van der Waals surface area contributed by atoms with E-state index in [0.717, 1.165) is 35.8 Å². The van der Waals surface area contributed by atoms with Crippen molar-refractivity contribution >= 4 is 40.5 Å². The summed E-state index contributed by atoms with van der Waals surface area (Å²) in [6.45, 7) is 6.81. The van der Waals surface area contributed by atoms with Crippen molar-refractivity contribution in [3.8, 4) is 0 Å². The normalized spacial score (nSPS) is 19.8. The van der Waals surface area contributed by atoms with Gasteiger partial charge in [0.05, 0.1) is 6.04 Å². The lowest BCUT2D eigenvalue weighted by molar-refractivity contribution is -0.133. The molecule has 0 radical (unpaired) electrons. The summed E-state index contributed by atoms with van der Waals surface area (Å²) < 4.78 is 0.971. The van der Waals surface area contributed by atoms with Crippen LogP contribution in [0.3, 0.4) is 0 Å². The van der Waals surface area contributed by atoms with Crippen molar-refractivity contribution in [3.63, 3.8) is 0 Å². The number of halogens is 1. The lowest BCUT2D eigenvalue weighted by atomic mass is 10.0. The lowest BCUT2D eigenvalue weighted by Crippen LogP contribution is -2.49. The first-order chi connectivity index (χ1) is 15.0. The van der Waals surface area contributed by atoms with E-state index in [0.29, 0.717) is 32.0 Å². The molecule has 2 amide bonds. The van der Waals surface area contributed by atoms with Crippen LogP contribution in [-0.4, -0.2) is 55.0 Å². The van der Waals surface area contributed by atoms with Crippen LogP contribution in [0, 0.1) is 5.92 Å². The van der Waals surface area contributed by atoms with Gasteiger partial charge in [-0.15, -0.1) is 0 Å². The predicted molar refractivity (Wildman–Crippen MR) is 136 cm³/mol. The topological polar surface area (TPSA) is 87.5 Å². The van der Waals surface area contributed by atoms with Crippen LogP contribution in [0.25, 0.3) is 6.08 Å². The summed E-state index contributed by atoms with van der Waals surface area (Å²) in [6.07, 6.45) is 6.96. The van der Waals surface area contributed by atoms with Crippen molar-refractivity contribution in [2.24, 2.45) is 11.7 Å². The van der Waals surface area contributed by atoms with Gasteiger partial charge in [-0.05, 0) is 42.5 Å². The molecule has 1 aliphatic rings. The van der Waals surface area contributed by atoms with Crippen LogP contribution < -0.4 is 16.4 Å². The number of nitrogens with one attached hydrogen (secondary N) is 2. The second kappa shape index (κ2) is 13.9. The van der Waals surface area contributed by atoms with Gasteiger partial charge in [-0.3, -0.25) is 9.59 Å². The molecule has 172 valence electrons. The zero-order valence-corrected chi connectivity index (χ0v) is 20.9. The highest BCUT2D eigenvalue weighted by Crippen LogP contribution is 2.15. The summed E-state index contributed by atoms with van der Waals surface area (Å²) in [5.74, 6) is 0.537. The van der Waals surface area contributed by atoms with Gasteiger partial charge in [-0.2, -0.15) is 0 Å². The summed E-state index contributed by atoms with van der Waals surface area (Å²) >= 11 is 2.33. The van der Waals surface area contributed by atoms with Crippen molar-refractivity contribution in [2.45, 2.75) is 56.0 Å². The van der Waals surface area contributed by atoms with E-state index < -0.39 is 0 Å². The maximum absolute atomic E-state index is 13.0. The molecule has 4 N–H and O–H groups in total. The van der Waals surface area contributed by atoms with Crippen LogP contribution in [0.4, 0.5) is 0 Å². The minimum atomic E-state index is -0.282. The van der Waals surface area contributed by atoms with E-state index in [-0.39, 0.29) is 23.9 Å². The lowest BCUT2D eigenvalue weighted by Gasteiger charge is -2.27. The fraction of sp³-hybridized carbons (Fsp3) is 0.583. The molecular weight excluding hydrogens is 503 g/mol. The highest BCUT2D eigenvalue weighted by molar-refractivity contribution is 14.1. The molecule has 6 nitrogen and oxygen atoms in total. The number of amides is 2. The SMILES string of the molecule is CCC(CC)CN1CC[C@@H](CNC(=O)/C=C/c2ccc(CI)cc2)N[C@@H](CCN)C1=O. The van der Waals surface area contributed by atoms with E-state index in [4.69, 9.17) is 5.73 Å². The molecule has 0 aliphatic carbocycles. The Morgan fingerprint density at radius 1 is 1.32 bits per heavy atom. The Kier molecular flexibility index (Phi) is 11.5. The Morgan fingerprint density at radius 3 is 2.65 bits per heavy atom. The first-order valence-corrected chi connectivity index (χ1v) is 12.9. The van der Waals surface area contributed by atoms with Crippen LogP contribution in [0.15, 0.2) is 30.3 Å². The molecule has 0 bridgehead atoms. The number of nitrogens with two attached hydrogens (primary N) is 1. The molecule has 7 heteroatoms. The van der Waals surface area contributed by atoms with Gasteiger partial charge < -0.3 is 21.3 Å². The average Bonchev–Trinajstić information content (AvgIpc) is 2.94. The molecule has 1 aromatic rings. The Labute approximate surface area is 200 Å². The average molecular weight is 540 g/mol. The van der Waals surface area contributed by atoms with Gasteiger partial charge in [0.1, 0.15) is 0 Å². The quantitative estimate of drug-likeness (QED) is 0.229. The third-order valence-corrected chi connectivity index (χ3v) is 6.85. The fourth-order valence-electron chi connectivity index (χ4n) is 3.83. The van der Waals surface area contributed by atoms with Crippen molar-refractivity contribution < 1.29 is 9.59 Å². The number of nitrogens with zero attached hydrogens (tertiary/aromatic N) is 1. The van der Waals surface area contributed by atoms with E-state index >= 15 is 0 Å². The van der Waals surface area contributed by atoms with Gasteiger partial charge in [0.2, 0.25) is 11.8 Å². The van der Waals surface area contributed by atoms with E-state index in [1.807, 2.05) is 23.1 Å². The number of alkyl halides is 1. The highest BCUT2D eigenvalue weighted by Gasteiger charge is 2.31. The van der Waals surface area contributed by atoms with Crippen LogP contribution in [0.1, 0.15) is 50.7 Å². The summed E-state index contributed by atoms with van der Waals surface area (Å²) in [5, 5.41) is 6.41. The summed E-state index contributed by atoms with van der Waals surface area (Å²) in [5.41, 5.74) is 8.03. The summed E-state index contributed by atoms with van der Waals surface area (Å²) in [7, 11) is 0. The predicted octanol–water partition coefficient (Wildman–Crippen LogP) is 3.10. The first-order valence-electron chi connectivity index (χ1n) is 11.4. The third-order valence-electron chi connectivity index (χ3n) is 5.97. The molecule has 1 fully saturated rings. The molecule has 0 unspecified atom stereocenters. The van der Waals surface area contributed by atoms with Crippen molar-refractivity contribution in [2.75, 3.05) is 26.2 Å². The highest BCUT2D eigenvalue weighted by atomic mass is 127. The second-order valence-electron chi connectivity index (χ2n) is 8.20. The molecule has 1 heterocycles. The molecule has 1 aromatic carbocycles. The van der Waals surface area contributed by atoms with Crippen LogP contribution in [0.2, 0.25) is 0 Å². The number of hydrogen-bond donors (Lipinski definition) is 3. The number of rotatable bonds is 11. The zero-order chi connectivity index (χ0) is 22.6. The first kappa shape index (κ1) is 25.8. The number of hydrogen-bond acceptors (Lipinski definition) is 4. The smallest absolute Gasteiger partial charge is 0.244 e. The van der Waals surface area contributed by atoms with E-state index in [9.17, 15) is 9.59 Å². The van der Waals surface area contributed by atoms with Gasteiger partial charge in [0, 0.05) is 36.2 Å². The van der Waals surface area contributed by atoms with Crippen LogP contribution in [-0.2, 0) is 14.0 Å². The Bertz CT molecular complexity index is 719. The van der Waals surface area contributed by atoms with Crippen LogP contribution in [0.5, 0.6) is 0 Å². The summed E-state index contributed by atoms with van der Waals surface area (Å²) in [4.78, 5) is 27.3. The number of carbonyl (C=O) groups is 2. The Balaban J connectivity index is 1.91. The van der Waals surface area contributed by atoms with E-state index in [1.165, 1.54) is 5.56 Å². The van der Waals surface area contributed by atoms with Gasteiger partial charge in [-0.1, -0.05) is 73.5 Å². The van der Waals surface area contributed by atoms with Gasteiger partial charge in [-0.25, -0.2) is 0 Å². The van der Waals surface area contributed by atoms with Crippen LogP contribution >= 0.6 is 22.6 Å². The fourth-order valence-corrected chi connectivity index (χ4v) is 4.34. The molecular formula is C24H37IN4O2. The minimum Gasteiger partial charge on any atom is -0.351 e. The molecule has 2 atom stereocenters. The van der Waals surface area contributed by atoms with Gasteiger partial charge >= 0.3 is 0 Å². The van der Waals surface area contributed by atoms with Crippen molar-refractivity contribution in [3.05, 3.63) is 41.5 Å². The largest absolute Gasteiger partial charge is 0.351 e. The maximum atomic E-state index is 13.0. The molecule has 1 aliphatic heterocycles. The number of benzene rings is 1. The third kappa shape index (κ3) is 8.54. The molecule has 31 heavy (non-hydrogen) atoms. The Morgan fingerprint density at radius 2 is 2.03 bits per heavy atom. The molecule has 0 spiro atoms. The summed E-state index contributed by atoms with van der Waals surface area (Å²) in [6, 6.07) is 7.94. The Hall–Kier alpha value is -1.45. The van der Waals surface area contributed by atoms with Gasteiger partial charge in [0.15, 0.2) is 0 Å². The second-order valence-corrected chi connectivity index (χ2v) is 8.97. The zero-order valence-electron chi connectivity index (χ0n) is 18.8. The van der Waals surface area contributed by atoms with E-state index in [1.54, 1.807) is 6.08 Å². The minimum absolute atomic E-state index is 0.0486. The maximum Gasteiger partial charge on any atom is 0.244 e. The molecule has 0 saturated carbocycles. The monoisotopic (exact) mass is 540 g/mol.